The minimum absolute atomic E-state index is 0.298. The van der Waals surface area contributed by atoms with Crippen LogP contribution in [-0.4, -0.2) is 39.7 Å². The Morgan fingerprint density at radius 1 is 1.11 bits per heavy atom. The highest BCUT2D eigenvalue weighted by atomic mass is 32.2. The van der Waals surface area contributed by atoms with Crippen LogP contribution < -0.4 is 9.62 Å². The average molecular weight is 388 g/mol. The van der Waals surface area contributed by atoms with Gasteiger partial charge in [-0.25, -0.2) is 13.2 Å². The summed E-state index contributed by atoms with van der Waals surface area (Å²) in [6, 6.07) is 11.4. The molecule has 2 aromatic carbocycles. The molecule has 8 heteroatoms. The Morgan fingerprint density at radius 3 is 2.41 bits per heavy atom. The Labute approximate surface area is 158 Å². The lowest BCUT2D eigenvalue weighted by Crippen LogP contribution is -2.27. The lowest BCUT2D eigenvalue weighted by atomic mass is 10.1. The maximum Gasteiger partial charge on any atom is 0.338 e. The van der Waals surface area contributed by atoms with Gasteiger partial charge in [0.05, 0.1) is 24.1 Å². The normalized spacial score (nSPS) is 13.2. The molecule has 0 bridgehead atoms. The van der Waals surface area contributed by atoms with Crippen LogP contribution in [0.25, 0.3) is 0 Å². The number of hydrogen-bond acceptors (Lipinski definition) is 5. The van der Waals surface area contributed by atoms with E-state index in [1.54, 1.807) is 49.4 Å². The van der Waals surface area contributed by atoms with E-state index >= 15 is 0 Å². The Bertz CT molecular complexity index is 984. The van der Waals surface area contributed by atoms with Gasteiger partial charge in [-0.2, -0.15) is 0 Å². The fourth-order valence-electron chi connectivity index (χ4n) is 2.96. The van der Waals surface area contributed by atoms with Gasteiger partial charge in [-0.1, -0.05) is 0 Å². The molecule has 0 saturated carbocycles. The fourth-order valence-corrected chi connectivity index (χ4v) is 3.92. The Morgan fingerprint density at radius 2 is 1.78 bits per heavy atom. The fraction of sp³-hybridized carbons (Fsp3) is 0.263. The molecule has 7 nitrogen and oxygen atoms in total. The van der Waals surface area contributed by atoms with E-state index in [0.717, 1.165) is 5.56 Å². The van der Waals surface area contributed by atoms with Gasteiger partial charge in [0.25, 0.3) is 5.91 Å². The summed E-state index contributed by atoms with van der Waals surface area (Å²) in [6.07, 6.45) is 1.74. The number of ether oxygens (including phenoxy) is 1. The first kappa shape index (κ1) is 18.9. The predicted octanol–water partition coefficient (Wildman–Crippen LogP) is 2.44. The number of esters is 1. The van der Waals surface area contributed by atoms with Crippen molar-refractivity contribution in [3.05, 3.63) is 59.2 Å². The number of carbonyl (C=O) groups excluding carboxylic acids is 2. The van der Waals surface area contributed by atoms with E-state index in [-0.39, 0.29) is 5.91 Å². The third-order valence-corrected chi connectivity index (χ3v) is 5.43. The SMILES string of the molecule is CCOC(=O)c1ccc(NC(=O)c2ccc3c(c2)CCN3S(C)(=O)=O)cc1. The molecule has 0 spiro atoms. The zero-order valence-electron chi connectivity index (χ0n) is 15.1. The molecule has 0 saturated heterocycles. The Hall–Kier alpha value is -2.87. The number of rotatable bonds is 5. The predicted molar refractivity (Wildman–Crippen MR) is 103 cm³/mol. The van der Waals surface area contributed by atoms with E-state index in [2.05, 4.69) is 5.32 Å². The van der Waals surface area contributed by atoms with Gasteiger partial charge in [-0.15, -0.1) is 0 Å². The van der Waals surface area contributed by atoms with Crippen molar-refractivity contribution >= 4 is 33.3 Å². The first-order valence-corrected chi connectivity index (χ1v) is 10.3. The van der Waals surface area contributed by atoms with Crippen molar-refractivity contribution in [1.82, 2.24) is 0 Å². The highest BCUT2D eigenvalue weighted by molar-refractivity contribution is 7.92. The summed E-state index contributed by atoms with van der Waals surface area (Å²) >= 11 is 0. The van der Waals surface area contributed by atoms with E-state index in [4.69, 9.17) is 4.74 Å². The number of carbonyl (C=O) groups is 2. The summed E-state index contributed by atoms with van der Waals surface area (Å²) in [5.74, 6) is -0.719. The number of hydrogen-bond donors (Lipinski definition) is 1. The number of anilines is 2. The Kier molecular flexibility index (Phi) is 5.18. The van der Waals surface area contributed by atoms with Gasteiger partial charge in [0.2, 0.25) is 10.0 Å². The molecular weight excluding hydrogens is 368 g/mol. The van der Waals surface area contributed by atoms with E-state index in [1.165, 1.54) is 10.6 Å². The van der Waals surface area contributed by atoms with Crippen LogP contribution in [0, 0.1) is 0 Å². The first-order valence-electron chi connectivity index (χ1n) is 8.49. The summed E-state index contributed by atoms with van der Waals surface area (Å²) in [7, 11) is -3.32. The zero-order chi connectivity index (χ0) is 19.6. The average Bonchev–Trinajstić information content (AvgIpc) is 3.06. The second-order valence-electron chi connectivity index (χ2n) is 6.18. The first-order chi connectivity index (χ1) is 12.8. The van der Waals surface area contributed by atoms with Gasteiger partial charge >= 0.3 is 5.97 Å². The number of benzene rings is 2. The number of amides is 1. The van der Waals surface area contributed by atoms with Crippen molar-refractivity contribution in [3.63, 3.8) is 0 Å². The third-order valence-electron chi connectivity index (χ3n) is 4.25. The Balaban J connectivity index is 1.73. The third kappa shape index (κ3) is 4.11. The van der Waals surface area contributed by atoms with Gasteiger partial charge in [-0.05, 0) is 61.4 Å². The summed E-state index contributed by atoms with van der Waals surface area (Å²) in [4.78, 5) is 24.1. The molecule has 27 heavy (non-hydrogen) atoms. The monoisotopic (exact) mass is 388 g/mol. The quantitative estimate of drug-likeness (QED) is 0.794. The molecule has 1 amide bonds. The zero-order valence-corrected chi connectivity index (χ0v) is 15.9. The molecule has 1 N–H and O–H groups in total. The minimum atomic E-state index is -3.32. The smallest absolute Gasteiger partial charge is 0.338 e. The second-order valence-corrected chi connectivity index (χ2v) is 8.09. The number of nitrogens with one attached hydrogen (secondary N) is 1. The van der Waals surface area contributed by atoms with E-state index < -0.39 is 16.0 Å². The summed E-state index contributed by atoms with van der Waals surface area (Å²) in [5.41, 5.74) is 2.84. The maximum atomic E-state index is 12.5. The molecule has 0 unspecified atom stereocenters. The molecule has 0 fully saturated rings. The number of nitrogens with zero attached hydrogens (tertiary/aromatic N) is 1. The molecule has 0 aliphatic carbocycles. The molecule has 1 aliphatic rings. The molecule has 1 aliphatic heterocycles. The van der Waals surface area contributed by atoms with E-state index in [9.17, 15) is 18.0 Å². The molecule has 3 rings (SSSR count). The van der Waals surface area contributed by atoms with Crippen LogP contribution in [0.2, 0.25) is 0 Å². The lowest BCUT2D eigenvalue weighted by molar-refractivity contribution is 0.0526. The van der Waals surface area contributed by atoms with Gasteiger partial charge in [0.1, 0.15) is 0 Å². The maximum absolute atomic E-state index is 12.5. The molecule has 0 atom stereocenters. The highest BCUT2D eigenvalue weighted by Crippen LogP contribution is 2.30. The van der Waals surface area contributed by atoms with Crippen LogP contribution in [0.4, 0.5) is 11.4 Å². The standard InChI is InChI=1S/C19H20N2O5S/c1-3-26-19(23)13-4-7-16(8-5-13)20-18(22)15-6-9-17-14(12-15)10-11-21(17)27(2,24)25/h4-9,12H,3,10-11H2,1-2H3,(H,20,22). The minimum Gasteiger partial charge on any atom is -0.462 e. The molecular formula is C19H20N2O5S. The topological polar surface area (TPSA) is 92.8 Å². The van der Waals surface area contributed by atoms with Gasteiger partial charge in [0.15, 0.2) is 0 Å². The van der Waals surface area contributed by atoms with Crippen LogP contribution in [0.5, 0.6) is 0 Å². The molecule has 142 valence electrons. The largest absolute Gasteiger partial charge is 0.462 e. The van der Waals surface area contributed by atoms with E-state index in [0.29, 0.717) is 42.1 Å². The summed E-state index contributed by atoms with van der Waals surface area (Å²) < 4.78 is 29.8. The van der Waals surface area contributed by atoms with Gasteiger partial charge in [-0.3, -0.25) is 9.10 Å². The van der Waals surface area contributed by atoms with Crippen molar-refractivity contribution in [3.8, 4) is 0 Å². The van der Waals surface area contributed by atoms with Crippen LogP contribution in [-0.2, 0) is 21.2 Å². The summed E-state index contributed by atoms with van der Waals surface area (Å²) in [6.45, 7) is 2.42. The van der Waals surface area contributed by atoms with Crippen LogP contribution in [0.15, 0.2) is 42.5 Å². The van der Waals surface area contributed by atoms with Gasteiger partial charge in [0, 0.05) is 17.8 Å². The number of sulfonamides is 1. The van der Waals surface area contributed by atoms with Crippen molar-refractivity contribution < 1.29 is 22.7 Å². The van der Waals surface area contributed by atoms with Crippen molar-refractivity contribution in [2.45, 2.75) is 13.3 Å². The second kappa shape index (κ2) is 7.40. The highest BCUT2D eigenvalue weighted by Gasteiger charge is 2.26. The van der Waals surface area contributed by atoms with Crippen LogP contribution >= 0.6 is 0 Å². The van der Waals surface area contributed by atoms with Crippen LogP contribution in [0.3, 0.4) is 0 Å². The van der Waals surface area contributed by atoms with E-state index in [1.807, 2.05) is 0 Å². The van der Waals surface area contributed by atoms with Crippen molar-refractivity contribution in [2.24, 2.45) is 0 Å². The molecule has 2 aromatic rings. The summed E-state index contributed by atoms with van der Waals surface area (Å²) in [5, 5.41) is 2.77. The lowest BCUT2D eigenvalue weighted by Gasteiger charge is -2.16. The van der Waals surface area contributed by atoms with Crippen LogP contribution in [0.1, 0.15) is 33.2 Å². The molecule has 0 radical (unpaired) electrons. The van der Waals surface area contributed by atoms with Crippen molar-refractivity contribution in [1.29, 1.82) is 0 Å². The van der Waals surface area contributed by atoms with Crippen molar-refractivity contribution in [2.75, 3.05) is 29.0 Å². The molecule has 1 heterocycles. The number of fused-ring (bicyclic) bond motifs is 1. The van der Waals surface area contributed by atoms with Gasteiger partial charge < -0.3 is 10.1 Å². The molecule has 0 aromatic heterocycles.